The third-order valence-corrected chi connectivity index (χ3v) is 7.22. The van der Waals surface area contributed by atoms with Gasteiger partial charge in [-0.3, -0.25) is 9.59 Å². The van der Waals surface area contributed by atoms with Crippen molar-refractivity contribution in [1.29, 1.82) is 0 Å². The number of nitrogens with zero attached hydrogens (tertiary/aromatic N) is 3. The maximum Gasteiger partial charge on any atom is 0.262 e. The van der Waals surface area contributed by atoms with Gasteiger partial charge in [0.2, 0.25) is 5.91 Å². The molecule has 0 bridgehead atoms. The van der Waals surface area contributed by atoms with E-state index in [9.17, 15) is 9.59 Å². The number of rotatable bonds is 5. The van der Waals surface area contributed by atoms with Crippen molar-refractivity contribution >= 4 is 40.1 Å². The van der Waals surface area contributed by atoms with Crippen LogP contribution in [0.3, 0.4) is 0 Å². The predicted octanol–water partition coefficient (Wildman–Crippen LogP) is 5.48. The molecule has 6 nitrogen and oxygen atoms in total. The Labute approximate surface area is 209 Å². The SMILES string of the molecule is Cc1ccc(C2=NN(C3=NC(=O)C(CC(=O)Nc4cccc(C)c4)S3)C(c3ccccc3)C2)cc1. The summed E-state index contributed by atoms with van der Waals surface area (Å²) in [5, 5.41) is 9.61. The molecule has 5 rings (SSSR count). The van der Waals surface area contributed by atoms with Crippen molar-refractivity contribution in [2.45, 2.75) is 38.0 Å². The zero-order valence-electron chi connectivity index (χ0n) is 19.6. The van der Waals surface area contributed by atoms with E-state index in [0.29, 0.717) is 11.6 Å². The van der Waals surface area contributed by atoms with Crippen LogP contribution in [-0.4, -0.2) is 33.0 Å². The number of hydrazone groups is 1. The Morgan fingerprint density at radius 1 is 1.00 bits per heavy atom. The average molecular weight is 483 g/mol. The Bertz CT molecular complexity index is 1320. The quantitative estimate of drug-likeness (QED) is 0.523. The molecule has 0 saturated carbocycles. The highest BCUT2D eigenvalue weighted by atomic mass is 32.2. The van der Waals surface area contributed by atoms with Gasteiger partial charge in [0, 0.05) is 18.5 Å². The number of hydrogen-bond donors (Lipinski definition) is 1. The smallest absolute Gasteiger partial charge is 0.262 e. The van der Waals surface area contributed by atoms with Crippen LogP contribution in [0, 0.1) is 13.8 Å². The molecule has 2 unspecified atom stereocenters. The molecule has 35 heavy (non-hydrogen) atoms. The fourth-order valence-electron chi connectivity index (χ4n) is 4.25. The number of hydrogen-bond acceptors (Lipinski definition) is 5. The number of benzene rings is 3. The molecular weight excluding hydrogens is 456 g/mol. The molecule has 0 radical (unpaired) electrons. The minimum absolute atomic E-state index is 0.0584. The second-order valence-electron chi connectivity index (χ2n) is 8.85. The second kappa shape index (κ2) is 9.88. The molecule has 2 aliphatic heterocycles. The summed E-state index contributed by atoms with van der Waals surface area (Å²) in [6, 6.07) is 26.0. The lowest BCUT2D eigenvalue weighted by molar-refractivity contribution is -0.121. The van der Waals surface area contributed by atoms with Crippen molar-refractivity contribution in [2.75, 3.05) is 5.32 Å². The maximum absolute atomic E-state index is 12.8. The molecule has 0 fully saturated rings. The van der Waals surface area contributed by atoms with Crippen LogP contribution in [0.4, 0.5) is 5.69 Å². The summed E-state index contributed by atoms with van der Waals surface area (Å²) in [6.07, 6.45) is 0.766. The van der Waals surface area contributed by atoms with Crippen LogP contribution in [0.2, 0.25) is 0 Å². The first-order chi connectivity index (χ1) is 17.0. The fraction of sp³-hybridized carbons (Fsp3) is 0.214. The van der Waals surface area contributed by atoms with Gasteiger partial charge >= 0.3 is 0 Å². The maximum atomic E-state index is 12.8. The molecule has 0 saturated heterocycles. The lowest BCUT2D eigenvalue weighted by Crippen LogP contribution is -2.25. The highest BCUT2D eigenvalue weighted by molar-refractivity contribution is 8.15. The minimum atomic E-state index is -0.565. The first-order valence-electron chi connectivity index (χ1n) is 11.6. The van der Waals surface area contributed by atoms with Crippen LogP contribution in [0.5, 0.6) is 0 Å². The standard InChI is InChI=1S/C28H26N4O2S/c1-18-11-13-20(14-12-18)23-16-24(21-8-4-3-5-9-21)32(31-23)28-30-27(34)25(35-28)17-26(33)29-22-10-6-7-19(2)15-22/h3-15,24-25H,16-17H2,1-2H3,(H,29,33). The molecule has 2 amide bonds. The summed E-state index contributed by atoms with van der Waals surface area (Å²) in [5.74, 6) is -0.502. The van der Waals surface area contributed by atoms with E-state index in [2.05, 4.69) is 53.6 Å². The summed E-state index contributed by atoms with van der Waals surface area (Å²) in [7, 11) is 0. The average Bonchev–Trinajstić information content (AvgIpc) is 3.44. The largest absolute Gasteiger partial charge is 0.326 e. The van der Waals surface area contributed by atoms with Crippen LogP contribution in [-0.2, 0) is 9.59 Å². The molecular formula is C28H26N4O2S. The summed E-state index contributed by atoms with van der Waals surface area (Å²) >= 11 is 1.31. The number of amides is 2. The monoisotopic (exact) mass is 482 g/mol. The number of carbonyl (C=O) groups is 2. The third kappa shape index (κ3) is 5.20. The van der Waals surface area contributed by atoms with Gasteiger partial charge in [0.25, 0.3) is 5.91 Å². The van der Waals surface area contributed by atoms with Crippen molar-refractivity contribution in [2.24, 2.45) is 10.1 Å². The summed E-state index contributed by atoms with van der Waals surface area (Å²) in [4.78, 5) is 29.7. The van der Waals surface area contributed by atoms with Crippen LogP contribution in [0.15, 0.2) is 89.0 Å². The van der Waals surface area contributed by atoms with Crippen LogP contribution in [0.25, 0.3) is 0 Å². The van der Waals surface area contributed by atoms with E-state index in [1.165, 1.54) is 17.3 Å². The van der Waals surface area contributed by atoms with E-state index >= 15 is 0 Å². The van der Waals surface area contributed by atoms with Gasteiger partial charge in [0.15, 0.2) is 5.17 Å². The van der Waals surface area contributed by atoms with E-state index in [1.54, 1.807) is 0 Å². The van der Waals surface area contributed by atoms with E-state index in [0.717, 1.165) is 28.1 Å². The predicted molar refractivity (Wildman–Crippen MR) is 142 cm³/mol. The summed E-state index contributed by atoms with van der Waals surface area (Å²) in [5.41, 5.74) is 6.09. The number of nitrogens with one attached hydrogen (secondary N) is 1. The minimum Gasteiger partial charge on any atom is -0.326 e. The molecule has 3 aromatic carbocycles. The van der Waals surface area contributed by atoms with Crippen LogP contribution >= 0.6 is 11.8 Å². The molecule has 2 heterocycles. The number of amidine groups is 1. The van der Waals surface area contributed by atoms with Crippen molar-refractivity contribution in [3.63, 3.8) is 0 Å². The van der Waals surface area contributed by atoms with Gasteiger partial charge < -0.3 is 5.32 Å². The Morgan fingerprint density at radius 2 is 1.77 bits per heavy atom. The Balaban J connectivity index is 1.34. The highest BCUT2D eigenvalue weighted by Gasteiger charge is 2.39. The molecule has 176 valence electrons. The lowest BCUT2D eigenvalue weighted by Gasteiger charge is -2.23. The first-order valence-corrected chi connectivity index (χ1v) is 12.5. The summed E-state index contributed by atoms with van der Waals surface area (Å²) < 4.78 is 0. The van der Waals surface area contributed by atoms with Gasteiger partial charge in [-0.15, -0.1) is 0 Å². The Hall–Kier alpha value is -3.71. The van der Waals surface area contributed by atoms with E-state index < -0.39 is 5.25 Å². The number of anilines is 1. The Kier molecular flexibility index (Phi) is 6.51. The zero-order valence-corrected chi connectivity index (χ0v) is 20.5. The van der Waals surface area contributed by atoms with Gasteiger partial charge in [0.05, 0.1) is 11.8 Å². The highest BCUT2D eigenvalue weighted by Crippen LogP contribution is 2.38. The van der Waals surface area contributed by atoms with Gasteiger partial charge in [-0.2, -0.15) is 10.1 Å². The molecule has 1 N–H and O–H groups in total. The normalized spacial score (nSPS) is 19.5. The fourth-order valence-corrected chi connectivity index (χ4v) is 5.31. The number of aliphatic imine (C=N–C) groups is 1. The van der Waals surface area contributed by atoms with Gasteiger partial charge in [-0.05, 0) is 42.7 Å². The number of aryl methyl sites for hydroxylation is 2. The van der Waals surface area contributed by atoms with Gasteiger partial charge in [0.1, 0.15) is 5.25 Å². The first kappa shape index (κ1) is 23.1. The van der Waals surface area contributed by atoms with Crippen molar-refractivity contribution in [3.8, 4) is 0 Å². The second-order valence-corrected chi connectivity index (χ2v) is 10.0. The summed E-state index contributed by atoms with van der Waals surface area (Å²) in [6.45, 7) is 4.03. The Morgan fingerprint density at radius 3 is 2.51 bits per heavy atom. The van der Waals surface area contributed by atoms with Crippen LogP contribution in [0.1, 0.15) is 41.1 Å². The molecule has 2 aliphatic rings. The van der Waals surface area contributed by atoms with Crippen molar-refractivity contribution in [3.05, 3.63) is 101 Å². The molecule has 0 aromatic heterocycles. The van der Waals surface area contributed by atoms with Crippen LogP contribution < -0.4 is 5.32 Å². The van der Waals surface area contributed by atoms with Gasteiger partial charge in [-0.1, -0.05) is 84.1 Å². The van der Waals surface area contributed by atoms with Crippen molar-refractivity contribution in [1.82, 2.24) is 5.01 Å². The van der Waals surface area contributed by atoms with E-state index in [1.807, 2.05) is 54.4 Å². The van der Waals surface area contributed by atoms with Gasteiger partial charge in [-0.25, -0.2) is 5.01 Å². The van der Waals surface area contributed by atoms with E-state index in [-0.39, 0.29) is 24.3 Å². The third-order valence-electron chi connectivity index (χ3n) is 6.08. The van der Waals surface area contributed by atoms with E-state index in [4.69, 9.17) is 5.10 Å². The zero-order chi connectivity index (χ0) is 24.4. The number of carbonyl (C=O) groups excluding carboxylic acids is 2. The molecule has 7 heteroatoms. The van der Waals surface area contributed by atoms with Crippen molar-refractivity contribution < 1.29 is 9.59 Å². The molecule has 3 aromatic rings. The molecule has 0 spiro atoms. The number of thioether (sulfide) groups is 1. The lowest BCUT2D eigenvalue weighted by atomic mass is 9.98. The molecule has 2 atom stereocenters. The molecule has 0 aliphatic carbocycles. The topological polar surface area (TPSA) is 74.1 Å².